The van der Waals surface area contributed by atoms with Crippen molar-refractivity contribution in [2.45, 2.75) is 103 Å². The zero-order valence-corrected chi connectivity index (χ0v) is 31.1. The van der Waals surface area contributed by atoms with Crippen molar-refractivity contribution in [2.75, 3.05) is 26.3 Å². The molecule has 1 saturated heterocycles. The molecule has 1 aromatic heterocycles. The first-order valence-electron chi connectivity index (χ1n) is 17.7. The minimum atomic E-state index is -1.61. The number of nitrogens with zero attached hydrogens (tertiary/aromatic N) is 2. The lowest BCUT2D eigenvalue weighted by Gasteiger charge is -2.27. The summed E-state index contributed by atoms with van der Waals surface area (Å²) < 4.78 is 0. The molecule has 302 valence electrons. The molecule has 2 heterocycles. The number of nitrogens with one attached hydrogen (secondary N) is 7. The van der Waals surface area contributed by atoms with E-state index in [1.807, 2.05) is 0 Å². The van der Waals surface area contributed by atoms with E-state index in [4.69, 9.17) is 5.73 Å². The molecule has 21 nitrogen and oxygen atoms in total. The normalized spacial score (nSPS) is 17.4. The van der Waals surface area contributed by atoms with Crippen LogP contribution in [0, 0.1) is 11.8 Å². The summed E-state index contributed by atoms with van der Waals surface area (Å²) in [5, 5.41) is 43.8. The van der Waals surface area contributed by atoms with Crippen molar-refractivity contribution in [2.24, 2.45) is 17.6 Å². The third-order valence-electron chi connectivity index (χ3n) is 8.61. The van der Waals surface area contributed by atoms with E-state index < -0.39 is 109 Å². The minimum Gasteiger partial charge on any atom is -0.480 e. The maximum absolute atomic E-state index is 13.5. The van der Waals surface area contributed by atoms with E-state index in [1.165, 1.54) is 24.3 Å². The van der Waals surface area contributed by atoms with E-state index in [1.54, 1.807) is 27.7 Å². The summed E-state index contributed by atoms with van der Waals surface area (Å²) in [5.41, 5.74) is 5.81. The number of carboxylic acid groups (broad SMARTS) is 1. The Balaban J connectivity index is 2.12. The maximum atomic E-state index is 13.5. The number of aliphatic hydroxyl groups is 2. The van der Waals surface area contributed by atoms with Gasteiger partial charge in [0.15, 0.2) is 0 Å². The minimum absolute atomic E-state index is 0.0593. The number of carboxylic acids is 1. The van der Waals surface area contributed by atoms with Crippen LogP contribution in [-0.2, 0) is 44.8 Å². The van der Waals surface area contributed by atoms with E-state index in [-0.39, 0.29) is 25.3 Å². The number of rotatable bonds is 21. The van der Waals surface area contributed by atoms with Crippen LogP contribution in [0.5, 0.6) is 0 Å². The van der Waals surface area contributed by atoms with Gasteiger partial charge in [0.2, 0.25) is 41.4 Å². The van der Waals surface area contributed by atoms with Crippen LogP contribution in [0.3, 0.4) is 0 Å². The molecule has 0 bridgehead atoms. The second kappa shape index (κ2) is 21.5. The summed E-state index contributed by atoms with van der Waals surface area (Å²) in [6, 6.07) is -9.17. The summed E-state index contributed by atoms with van der Waals surface area (Å²) in [6.07, 6.45) is 3.52. The van der Waals surface area contributed by atoms with Crippen LogP contribution >= 0.6 is 0 Å². The molecule has 1 aliphatic heterocycles. The van der Waals surface area contributed by atoms with Gasteiger partial charge in [0.1, 0.15) is 42.3 Å². The van der Waals surface area contributed by atoms with Gasteiger partial charge >= 0.3 is 5.97 Å². The quantitative estimate of drug-likeness (QED) is 0.0564. The van der Waals surface area contributed by atoms with E-state index >= 15 is 0 Å². The van der Waals surface area contributed by atoms with E-state index in [2.05, 4.69) is 41.9 Å². The zero-order valence-electron chi connectivity index (χ0n) is 31.1. The van der Waals surface area contributed by atoms with Gasteiger partial charge in [-0.05, 0) is 38.0 Å². The lowest BCUT2D eigenvalue weighted by molar-refractivity contribution is -0.143. The van der Waals surface area contributed by atoms with Crippen LogP contribution < -0.4 is 37.6 Å². The fraction of sp³-hybridized carbons (Fsp3) is 0.667. The highest BCUT2D eigenvalue weighted by Gasteiger charge is 2.37. The van der Waals surface area contributed by atoms with Crippen LogP contribution in [0.1, 0.15) is 59.6 Å². The molecule has 7 amide bonds. The van der Waals surface area contributed by atoms with Crippen molar-refractivity contribution in [1.29, 1.82) is 0 Å². The molecule has 7 unspecified atom stereocenters. The largest absolute Gasteiger partial charge is 0.480 e. The maximum Gasteiger partial charge on any atom is 0.326 e. The molecule has 12 N–H and O–H groups in total. The second-order valence-corrected chi connectivity index (χ2v) is 13.8. The number of likely N-dealkylation sites (tertiary alicyclic amines) is 1. The summed E-state index contributed by atoms with van der Waals surface area (Å²) in [6.45, 7) is 6.31. The first kappa shape index (κ1) is 45.0. The van der Waals surface area contributed by atoms with Crippen LogP contribution in [0.15, 0.2) is 12.5 Å². The Labute approximate surface area is 312 Å². The van der Waals surface area contributed by atoms with E-state index in [9.17, 15) is 53.7 Å². The highest BCUT2D eigenvalue weighted by Crippen LogP contribution is 2.17. The monoisotopic (exact) mass is 766 g/mol. The van der Waals surface area contributed by atoms with Crippen molar-refractivity contribution < 1.29 is 53.7 Å². The molecule has 0 aliphatic carbocycles. The number of H-pyrrole nitrogens is 1. The number of carbonyl (C=O) groups excluding carboxylic acids is 7. The van der Waals surface area contributed by atoms with Crippen LogP contribution in [0.25, 0.3) is 0 Å². The van der Waals surface area contributed by atoms with Crippen molar-refractivity contribution in [1.82, 2.24) is 46.8 Å². The highest BCUT2D eigenvalue weighted by atomic mass is 16.4. The van der Waals surface area contributed by atoms with Crippen LogP contribution in [0.2, 0.25) is 0 Å². The number of carbonyl (C=O) groups is 8. The molecule has 1 aliphatic rings. The molecular weight excluding hydrogens is 712 g/mol. The van der Waals surface area contributed by atoms with Gasteiger partial charge in [0.25, 0.3) is 0 Å². The number of aromatic amines is 1. The Hall–Kier alpha value is -5.15. The lowest BCUT2D eigenvalue weighted by Crippen LogP contribution is -2.61. The van der Waals surface area contributed by atoms with Crippen molar-refractivity contribution in [3.8, 4) is 0 Å². The predicted octanol–water partition coefficient (Wildman–Crippen LogP) is -4.40. The molecule has 0 saturated carbocycles. The Morgan fingerprint density at radius 2 is 1.39 bits per heavy atom. The summed E-state index contributed by atoms with van der Waals surface area (Å²) in [4.78, 5) is 111. The van der Waals surface area contributed by atoms with Gasteiger partial charge in [-0.25, -0.2) is 9.78 Å². The topological polar surface area (TPSA) is 327 Å². The molecule has 0 aromatic carbocycles. The van der Waals surface area contributed by atoms with Gasteiger partial charge in [-0.1, -0.05) is 27.7 Å². The Morgan fingerprint density at radius 1 is 0.815 bits per heavy atom. The van der Waals surface area contributed by atoms with Gasteiger partial charge in [-0.15, -0.1) is 0 Å². The fourth-order valence-electron chi connectivity index (χ4n) is 5.63. The van der Waals surface area contributed by atoms with Crippen molar-refractivity contribution >= 4 is 47.3 Å². The van der Waals surface area contributed by atoms with Crippen molar-refractivity contribution in [3.05, 3.63) is 18.2 Å². The average molecular weight is 767 g/mol. The molecule has 0 spiro atoms. The standard InChI is InChI=1S/C33H54N10O11/c1-16(2)9-21(33(53)54)39-32(52)26(17(3)4)42-30(50)23(14-45)40-28(48)20(10-19-12-35-15-36-19)38-27(47)18(5)37-29(49)22(13-44)41-31(51)24-7-6-8-43(24)25(46)11-34/h12,15-18,20-24,26,44-45H,6-11,13-14,34H2,1-5H3,(H,35,36)(H,37,49)(H,38,47)(H,39,52)(H,40,48)(H,41,51)(H,42,50)(H,53,54). The summed E-state index contributed by atoms with van der Waals surface area (Å²) in [5.74, 6) is -7.46. The van der Waals surface area contributed by atoms with E-state index in [0.29, 0.717) is 25.1 Å². The number of aromatic nitrogens is 2. The van der Waals surface area contributed by atoms with E-state index in [0.717, 1.165) is 0 Å². The number of hydrogen-bond acceptors (Lipinski definition) is 12. The molecule has 7 atom stereocenters. The zero-order chi connectivity index (χ0) is 40.7. The van der Waals surface area contributed by atoms with Crippen molar-refractivity contribution in [3.63, 3.8) is 0 Å². The van der Waals surface area contributed by atoms with Crippen LogP contribution in [-0.4, -0.2) is 146 Å². The highest BCUT2D eigenvalue weighted by molar-refractivity contribution is 5.97. The molecule has 2 rings (SSSR count). The molecular formula is C33H54N10O11. The molecule has 54 heavy (non-hydrogen) atoms. The predicted molar refractivity (Wildman–Crippen MR) is 189 cm³/mol. The smallest absolute Gasteiger partial charge is 0.326 e. The Bertz CT molecular complexity index is 1470. The SMILES string of the molecule is CC(C)CC(NC(=O)C(NC(=O)C(CO)NC(=O)C(Cc1cnc[nH]1)NC(=O)C(C)NC(=O)C(CO)NC(=O)C1CCCN1C(=O)CN)C(C)C)C(=O)O. The first-order valence-corrected chi connectivity index (χ1v) is 17.7. The van der Waals surface area contributed by atoms with Gasteiger partial charge in [-0.2, -0.15) is 0 Å². The average Bonchev–Trinajstić information content (AvgIpc) is 3.83. The summed E-state index contributed by atoms with van der Waals surface area (Å²) in [7, 11) is 0. The van der Waals surface area contributed by atoms with Gasteiger partial charge < -0.3 is 62.8 Å². The Morgan fingerprint density at radius 3 is 1.93 bits per heavy atom. The first-order chi connectivity index (χ1) is 25.4. The van der Waals surface area contributed by atoms with Crippen LogP contribution in [0.4, 0.5) is 0 Å². The molecule has 1 fully saturated rings. The molecule has 21 heteroatoms. The molecule has 1 aromatic rings. The van der Waals surface area contributed by atoms with Gasteiger partial charge in [-0.3, -0.25) is 33.6 Å². The fourth-order valence-corrected chi connectivity index (χ4v) is 5.63. The Kier molecular flexibility index (Phi) is 17.9. The molecule has 0 radical (unpaired) electrons. The number of aliphatic hydroxyl groups excluding tert-OH is 2. The number of amides is 7. The number of aliphatic carboxylic acids is 1. The third-order valence-corrected chi connectivity index (χ3v) is 8.61. The van der Waals surface area contributed by atoms with Gasteiger partial charge in [0, 0.05) is 24.9 Å². The third kappa shape index (κ3) is 13.4. The van der Waals surface area contributed by atoms with Gasteiger partial charge in [0.05, 0.1) is 26.1 Å². The number of nitrogens with two attached hydrogens (primary N) is 1. The number of hydrogen-bond donors (Lipinski definition) is 11. The lowest BCUT2D eigenvalue weighted by atomic mass is 10.00. The summed E-state index contributed by atoms with van der Waals surface area (Å²) >= 11 is 0. The second-order valence-electron chi connectivity index (χ2n) is 13.8. The number of imidazole rings is 1.